The molecule has 0 unspecified atom stereocenters. The summed E-state index contributed by atoms with van der Waals surface area (Å²) in [5, 5.41) is 0.764. The van der Waals surface area contributed by atoms with Crippen LogP contribution in [-0.2, 0) is 0 Å². The highest BCUT2D eigenvalue weighted by Crippen LogP contribution is 2.14. The minimum Gasteiger partial charge on any atom is -0.293 e. The third-order valence-corrected chi connectivity index (χ3v) is 3.25. The molecule has 1 atom stereocenters. The van der Waals surface area contributed by atoms with Crippen LogP contribution in [0.25, 0.3) is 0 Å². The SMILES string of the molecule is CN1CCCC[C@@H]1C#Cc1ccc(Cl)cc1. The highest BCUT2D eigenvalue weighted by molar-refractivity contribution is 6.30. The van der Waals surface area contributed by atoms with E-state index in [1.54, 1.807) is 0 Å². The molecule has 1 aliphatic rings. The zero-order valence-electron chi connectivity index (χ0n) is 9.54. The topological polar surface area (TPSA) is 3.24 Å². The molecule has 1 heterocycles. The summed E-state index contributed by atoms with van der Waals surface area (Å²) in [6.45, 7) is 1.17. The fraction of sp³-hybridized carbons (Fsp3) is 0.429. The molecule has 1 aliphatic heterocycles. The fourth-order valence-electron chi connectivity index (χ4n) is 1.96. The molecule has 0 saturated carbocycles. The van der Waals surface area contributed by atoms with Crippen molar-refractivity contribution in [2.45, 2.75) is 25.3 Å². The van der Waals surface area contributed by atoms with Gasteiger partial charge in [-0.1, -0.05) is 23.4 Å². The van der Waals surface area contributed by atoms with Crippen LogP contribution < -0.4 is 0 Å². The second-order valence-corrected chi connectivity index (χ2v) is 4.70. The van der Waals surface area contributed by atoms with Crippen LogP contribution in [0.2, 0.25) is 5.02 Å². The van der Waals surface area contributed by atoms with E-state index in [9.17, 15) is 0 Å². The normalized spacial score (nSPS) is 21.2. The first-order valence-corrected chi connectivity index (χ1v) is 6.11. The molecule has 0 aliphatic carbocycles. The minimum absolute atomic E-state index is 0.421. The van der Waals surface area contributed by atoms with Crippen molar-refractivity contribution in [1.29, 1.82) is 0 Å². The smallest absolute Gasteiger partial charge is 0.0715 e. The lowest BCUT2D eigenvalue weighted by Gasteiger charge is -2.28. The first kappa shape index (κ1) is 11.5. The van der Waals surface area contributed by atoms with Gasteiger partial charge in [-0.25, -0.2) is 0 Å². The predicted octanol–water partition coefficient (Wildman–Crippen LogP) is 3.18. The lowest BCUT2D eigenvalue weighted by Crippen LogP contribution is -2.34. The zero-order chi connectivity index (χ0) is 11.4. The molecule has 1 nitrogen and oxygen atoms in total. The Morgan fingerprint density at radius 3 is 2.69 bits per heavy atom. The first-order valence-electron chi connectivity index (χ1n) is 5.73. The Balaban J connectivity index is 2.05. The van der Waals surface area contributed by atoms with Crippen LogP contribution in [-0.4, -0.2) is 24.5 Å². The molecule has 1 saturated heterocycles. The van der Waals surface area contributed by atoms with Gasteiger partial charge in [-0.3, -0.25) is 4.90 Å². The minimum atomic E-state index is 0.421. The van der Waals surface area contributed by atoms with Crippen molar-refractivity contribution in [2.75, 3.05) is 13.6 Å². The van der Waals surface area contributed by atoms with Crippen molar-refractivity contribution in [3.63, 3.8) is 0 Å². The molecule has 84 valence electrons. The van der Waals surface area contributed by atoms with Crippen LogP contribution in [0, 0.1) is 11.8 Å². The van der Waals surface area contributed by atoms with E-state index in [1.165, 1.54) is 25.8 Å². The highest BCUT2D eigenvalue weighted by atomic mass is 35.5. The largest absolute Gasteiger partial charge is 0.293 e. The van der Waals surface area contributed by atoms with Gasteiger partial charge >= 0.3 is 0 Å². The lowest BCUT2D eigenvalue weighted by molar-refractivity contribution is 0.229. The average Bonchev–Trinajstić information content (AvgIpc) is 2.30. The Labute approximate surface area is 102 Å². The molecular formula is C14H16ClN. The summed E-state index contributed by atoms with van der Waals surface area (Å²) < 4.78 is 0. The standard InChI is InChI=1S/C14H16ClN/c1-16-11-3-2-4-14(16)10-7-12-5-8-13(15)9-6-12/h5-6,8-9,14H,2-4,11H2,1H3/t14-/m1/s1. The Morgan fingerprint density at radius 1 is 1.25 bits per heavy atom. The van der Waals surface area contributed by atoms with Gasteiger partial charge in [-0.05, 0) is 57.1 Å². The number of rotatable bonds is 0. The first-order chi connectivity index (χ1) is 7.75. The Hall–Kier alpha value is -0.970. The van der Waals surface area contributed by atoms with E-state index in [1.807, 2.05) is 24.3 Å². The lowest BCUT2D eigenvalue weighted by atomic mass is 10.0. The summed E-state index contributed by atoms with van der Waals surface area (Å²) in [7, 11) is 2.15. The van der Waals surface area contributed by atoms with E-state index < -0.39 is 0 Å². The number of hydrogen-bond acceptors (Lipinski definition) is 1. The molecule has 16 heavy (non-hydrogen) atoms. The molecule has 0 radical (unpaired) electrons. The quantitative estimate of drug-likeness (QED) is 0.623. The maximum absolute atomic E-state index is 5.83. The van der Waals surface area contributed by atoms with E-state index in [4.69, 9.17) is 11.6 Å². The van der Waals surface area contributed by atoms with Crippen molar-refractivity contribution >= 4 is 11.6 Å². The Bertz CT molecular complexity index is 399. The Morgan fingerprint density at radius 2 is 2.00 bits per heavy atom. The number of hydrogen-bond donors (Lipinski definition) is 0. The van der Waals surface area contributed by atoms with Gasteiger partial charge in [0.25, 0.3) is 0 Å². The van der Waals surface area contributed by atoms with Crippen LogP contribution in [0.1, 0.15) is 24.8 Å². The molecule has 0 amide bonds. The van der Waals surface area contributed by atoms with E-state index in [2.05, 4.69) is 23.8 Å². The van der Waals surface area contributed by atoms with Crippen LogP contribution in [0.15, 0.2) is 24.3 Å². The average molecular weight is 234 g/mol. The number of benzene rings is 1. The van der Waals surface area contributed by atoms with Gasteiger partial charge in [0.1, 0.15) is 0 Å². The molecule has 0 bridgehead atoms. The summed E-state index contributed by atoms with van der Waals surface area (Å²) in [4.78, 5) is 2.34. The zero-order valence-corrected chi connectivity index (χ0v) is 10.3. The summed E-state index contributed by atoms with van der Waals surface area (Å²) >= 11 is 5.83. The molecule has 2 heteroatoms. The molecule has 2 rings (SSSR count). The van der Waals surface area contributed by atoms with Crippen molar-refractivity contribution in [3.05, 3.63) is 34.9 Å². The van der Waals surface area contributed by atoms with Gasteiger partial charge in [0.2, 0.25) is 0 Å². The van der Waals surface area contributed by atoms with Crippen molar-refractivity contribution in [2.24, 2.45) is 0 Å². The summed E-state index contributed by atoms with van der Waals surface area (Å²) in [6, 6.07) is 8.13. The van der Waals surface area contributed by atoms with Gasteiger partial charge in [0.05, 0.1) is 6.04 Å². The van der Waals surface area contributed by atoms with Crippen LogP contribution >= 0.6 is 11.6 Å². The third-order valence-electron chi connectivity index (χ3n) is 3.00. The van der Waals surface area contributed by atoms with E-state index in [-0.39, 0.29) is 0 Å². The van der Waals surface area contributed by atoms with Gasteiger partial charge in [-0.15, -0.1) is 0 Å². The summed E-state index contributed by atoms with van der Waals surface area (Å²) in [5.74, 6) is 6.56. The van der Waals surface area contributed by atoms with Crippen molar-refractivity contribution in [3.8, 4) is 11.8 Å². The predicted molar refractivity (Wildman–Crippen MR) is 68.6 cm³/mol. The Kier molecular flexibility index (Phi) is 3.88. The maximum atomic E-state index is 5.83. The second kappa shape index (κ2) is 5.39. The molecule has 0 N–H and O–H groups in total. The van der Waals surface area contributed by atoms with Crippen LogP contribution in [0.4, 0.5) is 0 Å². The molecule has 1 aromatic rings. The van der Waals surface area contributed by atoms with E-state index in [0.29, 0.717) is 6.04 Å². The van der Waals surface area contributed by atoms with Gasteiger partial charge in [-0.2, -0.15) is 0 Å². The highest BCUT2D eigenvalue weighted by Gasteiger charge is 2.15. The second-order valence-electron chi connectivity index (χ2n) is 4.27. The van der Waals surface area contributed by atoms with E-state index >= 15 is 0 Å². The van der Waals surface area contributed by atoms with Crippen LogP contribution in [0.5, 0.6) is 0 Å². The molecule has 0 spiro atoms. The maximum Gasteiger partial charge on any atom is 0.0715 e. The van der Waals surface area contributed by atoms with Gasteiger partial charge < -0.3 is 0 Å². The van der Waals surface area contributed by atoms with Gasteiger partial charge in [0.15, 0.2) is 0 Å². The summed E-state index contributed by atoms with van der Waals surface area (Å²) in [6.07, 6.45) is 3.79. The molecule has 1 fully saturated rings. The fourth-order valence-corrected chi connectivity index (χ4v) is 2.08. The molecular weight excluding hydrogens is 218 g/mol. The van der Waals surface area contributed by atoms with Crippen LogP contribution in [0.3, 0.4) is 0 Å². The number of nitrogens with zero attached hydrogens (tertiary/aromatic N) is 1. The van der Waals surface area contributed by atoms with E-state index in [0.717, 1.165) is 10.6 Å². The number of piperidine rings is 1. The summed E-state index contributed by atoms with van der Waals surface area (Å²) in [5.41, 5.74) is 1.04. The third kappa shape index (κ3) is 3.01. The van der Waals surface area contributed by atoms with Crippen molar-refractivity contribution < 1.29 is 0 Å². The molecule has 1 aromatic carbocycles. The van der Waals surface area contributed by atoms with Gasteiger partial charge in [0, 0.05) is 10.6 Å². The number of halogens is 1. The van der Waals surface area contributed by atoms with Crippen molar-refractivity contribution in [1.82, 2.24) is 4.90 Å². The monoisotopic (exact) mass is 233 g/mol. The molecule has 0 aromatic heterocycles. The number of likely N-dealkylation sites (tertiary alicyclic amines) is 1.